The Morgan fingerprint density at radius 3 is 2.81 bits per heavy atom. The van der Waals surface area contributed by atoms with E-state index in [2.05, 4.69) is 20.5 Å². The summed E-state index contributed by atoms with van der Waals surface area (Å²) in [6, 6.07) is 3.72. The molecular weight excluding hydrogens is 204 g/mol. The smallest absolute Gasteiger partial charge is 0.269 e. The van der Waals surface area contributed by atoms with Gasteiger partial charge in [0.1, 0.15) is 5.69 Å². The van der Waals surface area contributed by atoms with E-state index in [4.69, 9.17) is 0 Å². The number of aromatic nitrogens is 3. The van der Waals surface area contributed by atoms with Crippen molar-refractivity contribution in [3.8, 4) is 0 Å². The number of hydrogen-bond acceptors (Lipinski definition) is 3. The van der Waals surface area contributed by atoms with Gasteiger partial charge in [-0.05, 0) is 30.2 Å². The number of aromatic amines is 1. The van der Waals surface area contributed by atoms with Gasteiger partial charge in [0.2, 0.25) is 0 Å². The van der Waals surface area contributed by atoms with E-state index in [1.165, 1.54) is 0 Å². The number of rotatable bonds is 3. The lowest BCUT2D eigenvalue weighted by molar-refractivity contribution is 0.0945. The molecule has 0 aliphatic rings. The molecule has 2 rings (SSSR count). The van der Waals surface area contributed by atoms with Crippen LogP contribution in [0.2, 0.25) is 0 Å². The molecule has 82 valence electrons. The predicted octanol–water partition coefficient (Wildman–Crippen LogP) is 1.04. The summed E-state index contributed by atoms with van der Waals surface area (Å²) in [5, 5.41) is 9.27. The first-order valence-corrected chi connectivity index (χ1v) is 4.94. The highest BCUT2D eigenvalue weighted by molar-refractivity contribution is 5.93. The molecule has 0 spiro atoms. The zero-order chi connectivity index (χ0) is 11.4. The summed E-state index contributed by atoms with van der Waals surface area (Å²) in [5.74, 6) is -0.146. The maximum atomic E-state index is 11.7. The highest BCUT2D eigenvalue weighted by atomic mass is 16.1. The van der Waals surface area contributed by atoms with E-state index >= 15 is 0 Å². The number of nitrogens with zero attached hydrogens (tertiary/aromatic N) is 2. The van der Waals surface area contributed by atoms with E-state index in [9.17, 15) is 4.79 Å². The van der Waals surface area contributed by atoms with Crippen LogP contribution < -0.4 is 5.32 Å². The van der Waals surface area contributed by atoms with Crippen LogP contribution in [0.3, 0.4) is 0 Å². The van der Waals surface area contributed by atoms with Crippen LogP contribution in [0.4, 0.5) is 0 Å². The first-order valence-electron chi connectivity index (χ1n) is 4.94. The molecule has 0 saturated carbocycles. The molecule has 16 heavy (non-hydrogen) atoms. The van der Waals surface area contributed by atoms with E-state index in [0.29, 0.717) is 12.2 Å². The molecule has 2 aromatic rings. The highest BCUT2D eigenvalue weighted by Crippen LogP contribution is 2.02. The Bertz CT molecular complexity index is 478. The summed E-state index contributed by atoms with van der Waals surface area (Å²) >= 11 is 0. The van der Waals surface area contributed by atoms with Crippen LogP contribution in [-0.4, -0.2) is 21.1 Å². The van der Waals surface area contributed by atoms with Gasteiger partial charge in [-0.15, -0.1) is 0 Å². The molecule has 0 atom stereocenters. The molecule has 5 heteroatoms. The molecule has 1 amide bonds. The Morgan fingerprint density at radius 1 is 1.44 bits per heavy atom. The molecular formula is C11H12N4O. The number of carbonyl (C=O) groups excluding carboxylic acids is 1. The molecule has 2 aromatic heterocycles. The second-order valence-electron chi connectivity index (χ2n) is 3.47. The lowest BCUT2D eigenvalue weighted by Crippen LogP contribution is -2.23. The predicted molar refractivity (Wildman–Crippen MR) is 58.7 cm³/mol. The normalized spacial score (nSPS) is 10.1. The topological polar surface area (TPSA) is 70.7 Å². The van der Waals surface area contributed by atoms with Crippen molar-refractivity contribution in [1.29, 1.82) is 0 Å². The summed E-state index contributed by atoms with van der Waals surface area (Å²) in [6.45, 7) is 2.32. The van der Waals surface area contributed by atoms with Crippen molar-refractivity contribution in [2.24, 2.45) is 0 Å². The van der Waals surface area contributed by atoms with Gasteiger partial charge < -0.3 is 5.32 Å². The van der Waals surface area contributed by atoms with Gasteiger partial charge in [0.25, 0.3) is 5.91 Å². The lowest BCUT2D eigenvalue weighted by atomic mass is 10.2. The molecule has 0 unspecified atom stereocenters. The van der Waals surface area contributed by atoms with Crippen molar-refractivity contribution in [1.82, 2.24) is 20.5 Å². The molecule has 0 saturated heterocycles. The number of nitrogens with one attached hydrogen (secondary N) is 2. The van der Waals surface area contributed by atoms with E-state index in [0.717, 1.165) is 11.1 Å². The third kappa shape index (κ3) is 2.25. The van der Waals surface area contributed by atoms with Crippen LogP contribution in [0.15, 0.2) is 30.7 Å². The van der Waals surface area contributed by atoms with Crippen molar-refractivity contribution >= 4 is 5.91 Å². The Hall–Kier alpha value is -2.17. The van der Waals surface area contributed by atoms with Crippen molar-refractivity contribution in [2.45, 2.75) is 13.5 Å². The quantitative estimate of drug-likeness (QED) is 0.805. The Balaban J connectivity index is 1.97. The van der Waals surface area contributed by atoms with Crippen molar-refractivity contribution < 1.29 is 4.79 Å². The van der Waals surface area contributed by atoms with Crippen molar-refractivity contribution in [3.63, 3.8) is 0 Å². The minimum atomic E-state index is -0.146. The Kier molecular flexibility index (Phi) is 2.95. The van der Waals surface area contributed by atoms with Crippen LogP contribution in [0, 0.1) is 6.92 Å². The Morgan fingerprint density at radius 2 is 2.19 bits per heavy atom. The molecule has 0 bridgehead atoms. The minimum Gasteiger partial charge on any atom is -0.347 e. The fraction of sp³-hybridized carbons (Fsp3) is 0.182. The third-order valence-corrected chi connectivity index (χ3v) is 2.26. The van der Waals surface area contributed by atoms with Gasteiger partial charge in [-0.3, -0.25) is 14.9 Å². The van der Waals surface area contributed by atoms with Gasteiger partial charge in [0.05, 0.1) is 6.20 Å². The average Bonchev–Trinajstić information content (AvgIpc) is 2.74. The molecule has 0 fully saturated rings. The van der Waals surface area contributed by atoms with Gasteiger partial charge >= 0.3 is 0 Å². The van der Waals surface area contributed by atoms with Gasteiger partial charge in [-0.2, -0.15) is 5.10 Å². The number of carbonyl (C=O) groups is 1. The molecule has 2 heterocycles. The summed E-state index contributed by atoms with van der Waals surface area (Å²) in [4.78, 5) is 15.6. The summed E-state index contributed by atoms with van der Waals surface area (Å²) in [7, 11) is 0. The van der Waals surface area contributed by atoms with Crippen molar-refractivity contribution in [3.05, 3.63) is 47.5 Å². The molecule has 0 radical (unpaired) electrons. The van der Waals surface area contributed by atoms with E-state index in [1.807, 2.05) is 19.1 Å². The van der Waals surface area contributed by atoms with Crippen LogP contribution in [0.5, 0.6) is 0 Å². The van der Waals surface area contributed by atoms with Gasteiger partial charge in [-0.25, -0.2) is 0 Å². The first-order chi connectivity index (χ1) is 7.77. The van der Waals surface area contributed by atoms with Gasteiger partial charge in [-0.1, -0.05) is 0 Å². The fourth-order valence-corrected chi connectivity index (χ4v) is 1.35. The summed E-state index contributed by atoms with van der Waals surface area (Å²) < 4.78 is 0. The molecule has 0 aliphatic heterocycles. The molecule has 0 aromatic carbocycles. The zero-order valence-corrected chi connectivity index (χ0v) is 8.90. The van der Waals surface area contributed by atoms with Crippen molar-refractivity contribution in [2.75, 3.05) is 0 Å². The fourth-order valence-electron chi connectivity index (χ4n) is 1.35. The van der Waals surface area contributed by atoms with Crippen LogP contribution in [0.25, 0.3) is 0 Å². The lowest BCUT2D eigenvalue weighted by Gasteiger charge is -2.03. The number of H-pyrrole nitrogens is 1. The summed E-state index contributed by atoms with van der Waals surface area (Å²) in [5.41, 5.74) is 2.36. The SMILES string of the molecule is Cc1cn[nH]c1C(=O)NCc1ccncc1. The second kappa shape index (κ2) is 4.57. The minimum absolute atomic E-state index is 0.146. The number of amides is 1. The highest BCUT2D eigenvalue weighted by Gasteiger charge is 2.09. The number of hydrogen-bond donors (Lipinski definition) is 2. The second-order valence-corrected chi connectivity index (χ2v) is 3.47. The Labute approximate surface area is 92.9 Å². The largest absolute Gasteiger partial charge is 0.347 e. The van der Waals surface area contributed by atoms with Gasteiger partial charge in [0.15, 0.2) is 0 Å². The van der Waals surface area contributed by atoms with Crippen LogP contribution in [0.1, 0.15) is 21.6 Å². The maximum Gasteiger partial charge on any atom is 0.269 e. The molecule has 2 N–H and O–H groups in total. The monoisotopic (exact) mass is 216 g/mol. The van der Waals surface area contributed by atoms with Gasteiger partial charge in [0, 0.05) is 18.9 Å². The van der Waals surface area contributed by atoms with Crippen LogP contribution >= 0.6 is 0 Å². The van der Waals surface area contributed by atoms with E-state index in [1.54, 1.807) is 18.6 Å². The van der Waals surface area contributed by atoms with Crippen LogP contribution in [-0.2, 0) is 6.54 Å². The number of pyridine rings is 1. The van der Waals surface area contributed by atoms with E-state index < -0.39 is 0 Å². The van der Waals surface area contributed by atoms with E-state index in [-0.39, 0.29) is 5.91 Å². The number of aryl methyl sites for hydroxylation is 1. The summed E-state index contributed by atoms with van der Waals surface area (Å²) in [6.07, 6.45) is 5.02. The standard InChI is InChI=1S/C11H12N4O/c1-8-6-14-15-10(8)11(16)13-7-9-2-4-12-5-3-9/h2-6H,7H2,1H3,(H,13,16)(H,14,15). The zero-order valence-electron chi connectivity index (χ0n) is 8.90. The third-order valence-electron chi connectivity index (χ3n) is 2.26. The molecule has 5 nitrogen and oxygen atoms in total. The average molecular weight is 216 g/mol. The molecule has 0 aliphatic carbocycles. The first kappa shape index (κ1) is 10.4. The maximum absolute atomic E-state index is 11.7.